The predicted molar refractivity (Wildman–Crippen MR) is 80.9 cm³/mol. The van der Waals surface area contributed by atoms with Crippen LogP contribution in [0, 0.1) is 0 Å². The summed E-state index contributed by atoms with van der Waals surface area (Å²) in [4.78, 5) is 16.2. The van der Waals surface area contributed by atoms with E-state index in [4.69, 9.17) is 0 Å². The highest BCUT2D eigenvalue weighted by atomic mass is 16.2. The Morgan fingerprint density at radius 1 is 1.36 bits per heavy atom. The van der Waals surface area contributed by atoms with E-state index in [-0.39, 0.29) is 11.9 Å². The summed E-state index contributed by atoms with van der Waals surface area (Å²) in [7, 11) is 0. The second kappa shape index (κ2) is 6.72. The molecular weight excluding hydrogens is 280 g/mol. The molecule has 0 aromatic carbocycles. The Bertz CT molecular complexity index is 599. The number of aromatic nitrogens is 5. The third-order valence-electron chi connectivity index (χ3n) is 4.39. The summed E-state index contributed by atoms with van der Waals surface area (Å²) >= 11 is 0. The average Bonchev–Trinajstić information content (AvgIpc) is 3.24. The molecule has 2 heterocycles. The molecular formula is C15H22N6O. The Balaban J connectivity index is 1.60. The molecule has 1 aliphatic rings. The zero-order chi connectivity index (χ0) is 15.4. The normalized spacial score (nSPS) is 17.3. The maximum Gasteiger partial charge on any atom is 0.243 e. The summed E-state index contributed by atoms with van der Waals surface area (Å²) in [5.74, 6) is 0.786. The van der Waals surface area contributed by atoms with E-state index in [1.807, 2.05) is 6.92 Å². The van der Waals surface area contributed by atoms with Gasteiger partial charge < -0.3 is 14.5 Å². The number of imidazole rings is 1. The molecule has 7 nitrogen and oxygen atoms in total. The first kappa shape index (κ1) is 14.7. The summed E-state index contributed by atoms with van der Waals surface area (Å²) in [6.07, 6.45) is 13.1. The monoisotopic (exact) mass is 302 g/mol. The molecule has 0 saturated heterocycles. The maximum atomic E-state index is 12.2. The molecule has 0 radical (unpaired) electrons. The molecule has 1 fully saturated rings. The van der Waals surface area contributed by atoms with E-state index in [1.54, 1.807) is 29.6 Å². The molecule has 3 rings (SSSR count). The van der Waals surface area contributed by atoms with Gasteiger partial charge in [0.25, 0.3) is 0 Å². The van der Waals surface area contributed by atoms with Gasteiger partial charge in [0.05, 0.1) is 12.9 Å². The van der Waals surface area contributed by atoms with Crippen LogP contribution in [0.5, 0.6) is 0 Å². The van der Waals surface area contributed by atoms with Gasteiger partial charge in [-0.3, -0.25) is 4.79 Å². The first-order valence-corrected chi connectivity index (χ1v) is 7.89. The predicted octanol–water partition coefficient (Wildman–Crippen LogP) is 1.86. The second-order valence-electron chi connectivity index (χ2n) is 5.85. The highest BCUT2D eigenvalue weighted by Gasteiger charge is 2.20. The van der Waals surface area contributed by atoms with Gasteiger partial charge in [0.2, 0.25) is 5.91 Å². The minimum Gasteiger partial charge on any atom is -0.347 e. The summed E-state index contributed by atoms with van der Waals surface area (Å²) in [6, 6.07) is 0.190. The Hall–Kier alpha value is -2.18. The van der Waals surface area contributed by atoms with Crippen LogP contribution < -0.4 is 5.32 Å². The summed E-state index contributed by atoms with van der Waals surface area (Å²) < 4.78 is 3.91. The SMILES string of the molecule is C[C@@H](C(=O)NCc1nncn1C1CCCCC1)n1ccnc1. The van der Waals surface area contributed by atoms with Gasteiger partial charge in [0.15, 0.2) is 5.82 Å². The standard InChI is InChI=1S/C15H22N6O/c1-12(20-8-7-16-10-20)15(22)17-9-14-19-18-11-21(14)13-5-3-2-4-6-13/h7-8,10-13H,2-6,9H2,1H3,(H,17,22)/t12-/m0/s1. The maximum absolute atomic E-state index is 12.2. The van der Waals surface area contributed by atoms with Gasteiger partial charge in [-0.15, -0.1) is 10.2 Å². The van der Waals surface area contributed by atoms with Gasteiger partial charge >= 0.3 is 0 Å². The highest BCUT2D eigenvalue weighted by molar-refractivity contribution is 5.79. The zero-order valence-corrected chi connectivity index (χ0v) is 12.9. The van der Waals surface area contributed by atoms with Crippen LogP contribution in [0.15, 0.2) is 25.0 Å². The fourth-order valence-electron chi connectivity index (χ4n) is 3.01. The van der Waals surface area contributed by atoms with Crippen LogP contribution in [0.1, 0.15) is 56.9 Å². The van der Waals surface area contributed by atoms with Crippen LogP contribution in [0.4, 0.5) is 0 Å². The van der Waals surface area contributed by atoms with Crippen molar-refractivity contribution in [1.29, 1.82) is 0 Å². The first-order chi connectivity index (χ1) is 10.8. The van der Waals surface area contributed by atoms with E-state index >= 15 is 0 Å². The molecule has 0 bridgehead atoms. The van der Waals surface area contributed by atoms with Crippen molar-refractivity contribution in [2.24, 2.45) is 0 Å². The lowest BCUT2D eigenvalue weighted by molar-refractivity contribution is -0.124. The van der Waals surface area contributed by atoms with Gasteiger partial charge in [0, 0.05) is 18.4 Å². The zero-order valence-electron chi connectivity index (χ0n) is 12.9. The molecule has 1 atom stereocenters. The van der Waals surface area contributed by atoms with Crippen LogP contribution in [0.25, 0.3) is 0 Å². The lowest BCUT2D eigenvalue weighted by Crippen LogP contribution is -2.31. The van der Waals surface area contributed by atoms with Crippen LogP contribution in [-0.4, -0.2) is 30.2 Å². The Labute approximate surface area is 129 Å². The number of nitrogens with one attached hydrogen (secondary N) is 1. The third kappa shape index (κ3) is 3.18. The molecule has 0 spiro atoms. The first-order valence-electron chi connectivity index (χ1n) is 7.89. The Morgan fingerprint density at radius 2 is 2.18 bits per heavy atom. The van der Waals surface area contributed by atoms with E-state index in [2.05, 4.69) is 25.1 Å². The lowest BCUT2D eigenvalue weighted by Gasteiger charge is -2.24. The third-order valence-corrected chi connectivity index (χ3v) is 4.39. The molecule has 118 valence electrons. The minimum absolute atomic E-state index is 0.0452. The number of carbonyl (C=O) groups excluding carboxylic acids is 1. The summed E-state index contributed by atoms with van der Waals surface area (Å²) in [5, 5.41) is 11.1. The highest BCUT2D eigenvalue weighted by Crippen LogP contribution is 2.28. The van der Waals surface area contributed by atoms with E-state index in [0.29, 0.717) is 12.6 Å². The van der Waals surface area contributed by atoms with Crippen molar-refractivity contribution in [3.63, 3.8) is 0 Å². The van der Waals surface area contributed by atoms with E-state index in [1.165, 1.54) is 32.1 Å². The van der Waals surface area contributed by atoms with Crippen LogP contribution in [-0.2, 0) is 11.3 Å². The Morgan fingerprint density at radius 3 is 2.91 bits per heavy atom. The molecule has 0 unspecified atom stereocenters. The second-order valence-corrected chi connectivity index (χ2v) is 5.85. The van der Waals surface area contributed by atoms with Gasteiger partial charge in [-0.05, 0) is 19.8 Å². The number of nitrogens with zero attached hydrogens (tertiary/aromatic N) is 5. The molecule has 2 aromatic heterocycles. The van der Waals surface area contributed by atoms with E-state index < -0.39 is 0 Å². The fourth-order valence-corrected chi connectivity index (χ4v) is 3.01. The molecule has 7 heteroatoms. The number of rotatable bonds is 5. The summed E-state index contributed by atoms with van der Waals surface area (Å²) in [6.45, 7) is 2.26. The lowest BCUT2D eigenvalue weighted by atomic mass is 9.95. The van der Waals surface area contributed by atoms with Gasteiger partial charge in [-0.1, -0.05) is 19.3 Å². The van der Waals surface area contributed by atoms with Crippen molar-refractivity contribution in [3.8, 4) is 0 Å². The smallest absolute Gasteiger partial charge is 0.243 e. The number of carbonyl (C=O) groups is 1. The van der Waals surface area contributed by atoms with Crippen molar-refractivity contribution in [2.75, 3.05) is 0 Å². The molecule has 1 N–H and O–H groups in total. The molecule has 2 aromatic rings. The largest absolute Gasteiger partial charge is 0.347 e. The topological polar surface area (TPSA) is 77.6 Å². The van der Waals surface area contributed by atoms with Crippen molar-refractivity contribution >= 4 is 5.91 Å². The number of amides is 1. The fraction of sp³-hybridized carbons (Fsp3) is 0.600. The van der Waals surface area contributed by atoms with Gasteiger partial charge in [-0.25, -0.2) is 4.98 Å². The van der Waals surface area contributed by atoms with Crippen molar-refractivity contribution in [3.05, 3.63) is 30.9 Å². The van der Waals surface area contributed by atoms with Crippen LogP contribution >= 0.6 is 0 Å². The molecule has 22 heavy (non-hydrogen) atoms. The average molecular weight is 302 g/mol. The Kier molecular flexibility index (Phi) is 4.50. The molecule has 1 saturated carbocycles. The molecule has 1 amide bonds. The molecule has 1 aliphatic carbocycles. The number of hydrogen-bond donors (Lipinski definition) is 1. The minimum atomic E-state index is -0.284. The summed E-state index contributed by atoms with van der Waals surface area (Å²) in [5.41, 5.74) is 0. The van der Waals surface area contributed by atoms with Gasteiger partial charge in [0.1, 0.15) is 12.4 Å². The molecule has 0 aliphatic heterocycles. The van der Waals surface area contributed by atoms with Crippen molar-refractivity contribution < 1.29 is 4.79 Å². The van der Waals surface area contributed by atoms with Crippen LogP contribution in [0.2, 0.25) is 0 Å². The van der Waals surface area contributed by atoms with Gasteiger partial charge in [-0.2, -0.15) is 0 Å². The van der Waals surface area contributed by atoms with E-state index in [9.17, 15) is 4.79 Å². The van der Waals surface area contributed by atoms with Crippen molar-refractivity contribution in [1.82, 2.24) is 29.6 Å². The van der Waals surface area contributed by atoms with Crippen molar-refractivity contribution in [2.45, 2.75) is 57.7 Å². The van der Waals surface area contributed by atoms with E-state index in [0.717, 1.165) is 5.82 Å². The van der Waals surface area contributed by atoms with Crippen LogP contribution in [0.3, 0.4) is 0 Å². The quantitative estimate of drug-likeness (QED) is 0.914. The number of hydrogen-bond acceptors (Lipinski definition) is 4.